The van der Waals surface area contributed by atoms with Gasteiger partial charge in [-0.3, -0.25) is 14.5 Å². The van der Waals surface area contributed by atoms with E-state index in [1.54, 1.807) is 48.4 Å². The van der Waals surface area contributed by atoms with E-state index in [4.69, 9.17) is 14.6 Å². The van der Waals surface area contributed by atoms with E-state index in [0.717, 1.165) is 11.1 Å². The second-order valence-electron chi connectivity index (χ2n) is 13.0. The Bertz CT molecular complexity index is 1910. The van der Waals surface area contributed by atoms with Gasteiger partial charge in [0.1, 0.15) is 18.3 Å². The number of carboxylic acids is 1. The average Bonchev–Trinajstić information content (AvgIpc) is 3.48. The zero-order chi connectivity index (χ0) is 37.2. The molecule has 1 aromatic heterocycles. The highest BCUT2D eigenvalue weighted by atomic mass is 19.1. The van der Waals surface area contributed by atoms with Crippen molar-refractivity contribution < 1.29 is 38.8 Å². The maximum absolute atomic E-state index is 15.3. The second kappa shape index (κ2) is 17.8. The minimum absolute atomic E-state index is 0.0664. The van der Waals surface area contributed by atoms with Crippen LogP contribution in [0.25, 0.3) is 22.4 Å². The molecule has 1 unspecified atom stereocenters. The number of nitrogens with zero attached hydrogens (tertiary/aromatic N) is 2. The lowest BCUT2D eigenvalue weighted by Gasteiger charge is -2.25. The van der Waals surface area contributed by atoms with Gasteiger partial charge in [-0.2, -0.15) is 0 Å². The molecule has 0 fully saturated rings. The van der Waals surface area contributed by atoms with Gasteiger partial charge in [-0.05, 0) is 84.0 Å². The summed E-state index contributed by atoms with van der Waals surface area (Å²) in [5.41, 5.74) is 5.41. The Balaban J connectivity index is 1.68. The molecule has 0 saturated heterocycles. The predicted molar refractivity (Wildman–Crippen MR) is 199 cm³/mol. The van der Waals surface area contributed by atoms with Crippen LogP contribution in [-0.4, -0.2) is 57.8 Å². The summed E-state index contributed by atoms with van der Waals surface area (Å²) >= 11 is 0. The van der Waals surface area contributed by atoms with Crippen LogP contribution in [0.5, 0.6) is 5.75 Å². The number of aromatic nitrogens is 1. The van der Waals surface area contributed by atoms with E-state index >= 15 is 4.79 Å². The number of hydrogen-bond acceptors (Lipinski definition) is 6. The summed E-state index contributed by atoms with van der Waals surface area (Å²) in [4.78, 5) is 28.0. The number of aliphatic carboxylic acids is 1. The molecule has 0 aliphatic heterocycles. The van der Waals surface area contributed by atoms with Crippen LogP contribution in [0.1, 0.15) is 60.6 Å². The highest BCUT2D eigenvalue weighted by Gasteiger charge is 2.33. The number of rotatable bonds is 17. The average molecular weight is 709 g/mol. The van der Waals surface area contributed by atoms with Gasteiger partial charge in [0.2, 0.25) is 0 Å². The molecule has 52 heavy (non-hydrogen) atoms. The summed E-state index contributed by atoms with van der Waals surface area (Å²) in [7, 11) is 1.57. The van der Waals surface area contributed by atoms with Gasteiger partial charge >= 0.3 is 5.97 Å². The molecule has 5 aromatic rings. The van der Waals surface area contributed by atoms with Gasteiger partial charge in [-0.15, -0.1) is 0 Å². The maximum atomic E-state index is 15.3. The van der Waals surface area contributed by atoms with E-state index in [1.807, 2.05) is 79.1 Å². The minimum Gasteiger partial charge on any atom is -0.497 e. The zero-order valence-corrected chi connectivity index (χ0v) is 29.6. The lowest BCUT2D eigenvalue weighted by molar-refractivity contribution is -0.139. The lowest BCUT2D eigenvalue weighted by Crippen LogP contribution is -2.34. The standard InChI is InChI=1S/C42H45FN2O7/c1-28(2)40-39(42(50)45(33-18-20-36(51-3)21-19-33)27-52-26-29-10-6-4-7-11-29)38(30-12-8-5-9-13-30)41(31-14-16-32(43)17-15-31)44(40)23-22-34(46)24-35(47)25-37(48)49/h4-21,28,34-35,46-47H,22-27H2,1-3H3,(H,48,49)/t34?,35-/m1/s1. The predicted octanol–water partition coefficient (Wildman–Crippen LogP) is 7.89. The molecule has 10 heteroatoms. The first kappa shape index (κ1) is 38.0. The molecule has 0 aliphatic rings. The van der Waals surface area contributed by atoms with Crippen LogP contribution in [-0.2, 0) is 22.7 Å². The van der Waals surface area contributed by atoms with Crippen LogP contribution >= 0.6 is 0 Å². The Morgan fingerprint density at radius 1 is 0.827 bits per heavy atom. The lowest BCUT2D eigenvalue weighted by atomic mass is 9.94. The van der Waals surface area contributed by atoms with Crippen LogP contribution in [0.3, 0.4) is 0 Å². The molecule has 2 atom stereocenters. The van der Waals surface area contributed by atoms with Crippen molar-refractivity contribution in [2.75, 3.05) is 18.7 Å². The van der Waals surface area contributed by atoms with E-state index in [-0.39, 0.29) is 44.5 Å². The number of aliphatic hydroxyl groups is 2. The van der Waals surface area contributed by atoms with Crippen molar-refractivity contribution in [2.45, 2.75) is 64.4 Å². The molecular weight excluding hydrogens is 663 g/mol. The summed E-state index contributed by atoms with van der Waals surface area (Å²) in [5.74, 6) is -1.46. The van der Waals surface area contributed by atoms with Crippen LogP contribution in [0, 0.1) is 5.82 Å². The Kier molecular flexibility index (Phi) is 13.0. The largest absolute Gasteiger partial charge is 0.497 e. The van der Waals surface area contributed by atoms with Gasteiger partial charge in [-0.25, -0.2) is 4.39 Å². The second-order valence-corrected chi connectivity index (χ2v) is 13.0. The van der Waals surface area contributed by atoms with Gasteiger partial charge < -0.3 is 29.4 Å². The SMILES string of the molecule is COc1ccc(N(COCc2ccccc2)C(=O)c2c(-c3ccccc3)c(-c3ccc(F)cc3)n(CCC(O)C[C@@H](O)CC(=O)O)c2C(C)C)cc1. The summed E-state index contributed by atoms with van der Waals surface area (Å²) in [6.07, 6.45) is -2.70. The van der Waals surface area contributed by atoms with Crippen LogP contribution < -0.4 is 9.64 Å². The Hall–Kier alpha value is -5.29. The van der Waals surface area contributed by atoms with Gasteiger partial charge in [0, 0.05) is 23.5 Å². The van der Waals surface area contributed by atoms with Gasteiger partial charge in [0.15, 0.2) is 0 Å². The number of aliphatic hydroxyl groups excluding tert-OH is 2. The molecule has 4 aromatic carbocycles. The van der Waals surface area contributed by atoms with Crippen molar-refractivity contribution in [3.05, 3.63) is 132 Å². The summed E-state index contributed by atoms with van der Waals surface area (Å²) < 4.78 is 27.9. The quantitative estimate of drug-likeness (QED) is 0.0841. The monoisotopic (exact) mass is 708 g/mol. The van der Waals surface area contributed by atoms with E-state index in [1.165, 1.54) is 12.1 Å². The topological polar surface area (TPSA) is 121 Å². The van der Waals surface area contributed by atoms with Crippen molar-refractivity contribution >= 4 is 17.6 Å². The fourth-order valence-electron chi connectivity index (χ4n) is 6.45. The number of halogens is 1. The van der Waals surface area contributed by atoms with Crippen LogP contribution in [0.15, 0.2) is 109 Å². The third-order valence-electron chi connectivity index (χ3n) is 8.85. The van der Waals surface area contributed by atoms with E-state index in [2.05, 4.69) is 0 Å². The fourth-order valence-corrected chi connectivity index (χ4v) is 6.45. The molecule has 3 N–H and O–H groups in total. The third-order valence-corrected chi connectivity index (χ3v) is 8.85. The number of carbonyl (C=O) groups excluding carboxylic acids is 1. The molecule has 1 amide bonds. The van der Waals surface area contributed by atoms with Crippen molar-refractivity contribution in [3.8, 4) is 28.1 Å². The number of amides is 1. The first-order valence-corrected chi connectivity index (χ1v) is 17.3. The van der Waals surface area contributed by atoms with Crippen LogP contribution in [0.2, 0.25) is 0 Å². The molecule has 0 spiro atoms. The van der Waals surface area contributed by atoms with E-state index in [9.17, 15) is 19.4 Å². The molecule has 5 rings (SSSR count). The summed E-state index contributed by atoms with van der Waals surface area (Å²) in [6.45, 7) is 4.41. The molecule has 0 aliphatic carbocycles. The van der Waals surface area contributed by atoms with Gasteiger partial charge in [0.05, 0.1) is 43.6 Å². The summed E-state index contributed by atoms with van der Waals surface area (Å²) in [5, 5.41) is 30.3. The number of carbonyl (C=O) groups is 2. The molecule has 272 valence electrons. The van der Waals surface area contributed by atoms with Crippen molar-refractivity contribution in [1.29, 1.82) is 0 Å². The fraction of sp³-hybridized carbons (Fsp3) is 0.286. The first-order chi connectivity index (χ1) is 25.1. The number of carboxylic acid groups (broad SMARTS) is 1. The maximum Gasteiger partial charge on any atom is 0.305 e. The third kappa shape index (κ3) is 9.33. The Labute approximate surface area is 303 Å². The van der Waals surface area contributed by atoms with E-state index in [0.29, 0.717) is 39.5 Å². The van der Waals surface area contributed by atoms with Crippen molar-refractivity contribution in [2.24, 2.45) is 0 Å². The first-order valence-electron chi connectivity index (χ1n) is 17.3. The Morgan fingerprint density at radius 2 is 1.46 bits per heavy atom. The molecule has 1 heterocycles. The smallest absolute Gasteiger partial charge is 0.305 e. The number of ether oxygens (including phenoxy) is 2. The minimum atomic E-state index is -1.22. The molecule has 0 saturated carbocycles. The van der Waals surface area contributed by atoms with Crippen molar-refractivity contribution in [1.82, 2.24) is 4.57 Å². The molecule has 0 radical (unpaired) electrons. The molecule has 9 nitrogen and oxygen atoms in total. The normalized spacial score (nSPS) is 12.4. The van der Waals surface area contributed by atoms with E-state index < -0.39 is 30.4 Å². The summed E-state index contributed by atoms with van der Waals surface area (Å²) in [6, 6.07) is 32.5. The highest BCUT2D eigenvalue weighted by molar-refractivity contribution is 6.13. The highest BCUT2D eigenvalue weighted by Crippen LogP contribution is 2.43. The van der Waals surface area contributed by atoms with Crippen LogP contribution in [0.4, 0.5) is 10.1 Å². The zero-order valence-electron chi connectivity index (χ0n) is 29.6. The number of methoxy groups -OCH3 is 1. The Morgan fingerprint density at radius 3 is 2.06 bits per heavy atom. The number of anilines is 1. The number of hydrogen-bond donors (Lipinski definition) is 3. The molecular formula is C42H45FN2O7. The van der Waals surface area contributed by atoms with Crippen molar-refractivity contribution in [3.63, 3.8) is 0 Å². The number of benzene rings is 4. The molecule has 0 bridgehead atoms. The van der Waals surface area contributed by atoms with Gasteiger partial charge in [-0.1, -0.05) is 74.5 Å². The van der Waals surface area contributed by atoms with Gasteiger partial charge in [0.25, 0.3) is 5.91 Å².